The van der Waals surface area contributed by atoms with Gasteiger partial charge >= 0.3 is 6.03 Å². The van der Waals surface area contributed by atoms with Crippen molar-refractivity contribution < 1.29 is 23.9 Å². The van der Waals surface area contributed by atoms with Crippen molar-refractivity contribution in [2.45, 2.75) is 25.8 Å². The van der Waals surface area contributed by atoms with Crippen molar-refractivity contribution in [3.63, 3.8) is 0 Å². The number of rotatable bonds is 5. The van der Waals surface area contributed by atoms with Crippen LogP contribution in [-0.4, -0.2) is 40.9 Å². The van der Waals surface area contributed by atoms with E-state index in [1.807, 2.05) is 25.1 Å². The van der Waals surface area contributed by atoms with Crippen LogP contribution in [0.2, 0.25) is 0 Å². The maximum absolute atomic E-state index is 13.2. The van der Waals surface area contributed by atoms with E-state index in [4.69, 9.17) is 9.47 Å². The van der Waals surface area contributed by atoms with E-state index in [2.05, 4.69) is 10.3 Å². The first kappa shape index (κ1) is 19.2. The third-order valence-electron chi connectivity index (χ3n) is 6.01. The Balaban J connectivity index is 1.42. The summed E-state index contributed by atoms with van der Waals surface area (Å²) in [6.07, 6.45) is 2.47. The fourth-order valence-electron chi connectivity index (χ4n) is 4.21. The molecular formula is C23H21N3O5. The number of fused-ring (bicyclic) bond motifs is 2. The standard InChI is InChI=1S/C23H21N3O5/c1-3-13-5-4-6-15-16(10-24-20(13)15)17(27)11-26-21(28)23(2,25-22(26)29)14-7-8-18-19(9-14)31-12-30-18/h4-10,24H,3,11-12H2,1-2H3,(H,25,29). The first-order valence-electron chi connectivity index (χ1n) is 10.1. The number of carbonyl (C=O) groups is 3. The number of ketones is 1. The van der Waals surface area contributed by atoms with E-state index < -0.39 is 17.5 Å². The lowest BCUT2D eigenvalue weighted by molar-refractivity contribution is -0.130. The molecule has 8 nitrogen and oxygen atoms in total. The van der Waals surface area contributed by atoms with Crippen molar-refractivity contribution >= 4 is 28.6 Å². The number of amides is 3. The van der Waals surface area contributed by atoms with Gasteiger partial charge < -0.3 is 19.8 Å². The van der Waals surface area contributed by atoms with Crippen LogP contribution in [0.5, 0.6) is 11.5 Å². The molecule has 1 aromatic heterocycles. The lowest BCUT2D eigenvalue weighted by Gasteiger charge is -2.22. The number of aryl methyl sites for hydroxylation is 1. The predicted molar refractivity (Wildman–Crippen MR) is 112 cm³/mol. The van der Waals surface area contributed by atoms with Crippen molar-refractivity contribution in [2.75, 3.05) is 13.3 Å². The lowest BCUT2D eigenvalue weighted by Crippen LogP contribution is -2.41. The zero-order valence-electron chi connectivity index (χ0n) is 17.2. The summed E-state index contributed by atoms with van der Waals surface area (Å²) in [5, 5.41) is 3.51. The van der Waals surface area contributed by atoms with Gasteiger partial charge in [0, 0.05) is 22.7 Å². The van der Waals surface area contributed by atoms with Crippen LogP contribution in [0.4, 0.5) is 4.79 Å². The highest BCUT2D eigenvalue weighted by Crippen LogP contribution is 2.38. The van der Waals surface area contributed by atoms with Crippen LogP contribution in [-0.2, 0) is 16.8 Å². The molecule has 2 N–H and O–H groups in total. The first-order chi connectivity index (χ1) is 14.9. The van der Waals surface area contributed by atoms with E-state index in [1.54, 1.807) is 31.3 Å². The maximum Gasteiger partial charge on any atom is 0.325 e. The third kappa shape index (κ3) is 2.86. The van der Waals surface area contributed by atoms with Crippen molar-refractivity contribution in [1.29, 1.82) is 0 Å². The summed E-state index contributed by atoms with van der Waals surface area (Å²) >= 11 is 0. The Morgan fingerprint density at radius 3 is 2.77 bits per heavy atom. The molecule has 2 aliphatic rings. The van der Waals surface area contributed by atoms with Crippen LogP contribution < -0.4 is 14.8 Å². The van der Waals surface area contributed by atoms with Crippen molar-refractivity contribution in [1.82, 2.24) is 15.2 Å². The smallest absolute Gasteiger partial charge is 0.325 e. The molecule has 8 heteroatoms. The number of aromatic nitrogens is 1. The molecule has 0 aliphatic carbocycles. The highest BCUT2D eigenvalue weighted by molar-refractivity contribution is 6.14. The van der Waals surface area contributed by atoms with Gasteiger partial charge in [-0.05, 0) is 36.6 Å². The number of Topliss-reactive ketones (excluding diaryl/α,β-unsaturated/α-hetero) is 1. The van der Waals surface area contributed by atoms with Crippen LogP contribution in [0.1, 0.15) is 35.3 Å². The zero-order chi connectivity index (χ0) is 21.8. The molecule has 2 aromatic carbocycles. The van der Waals surface area contributed by atoms with Crippen LogP contribution in [0.25, 0.3) is 10.9 Å². The number of hydrogen-bond acceptors (Lipinski definition) is 5. The van der Waals surface area contributed by atoms with Crippen LogP contribution in [0.15, 0.2) is 42.6 Å². The van der Waals surface area contributed by atoms with Crippen LogP contribution in [0, 0.1) is 0 Å². The Labute approximate surface area is 178 Å². The largest absolute Gasteiger partial charge is 0.454 e. The summed E-state index contributed by atoms with van der Waals surface area (Å²) < 4.78 is 10.7. The molecule has 0 radical (unpaired) electrons. The maximum atomic E-state index is 13.2. The molecule has 1 atom stereocenters. The molecule has 1 unspecified atom stereocenters. The van der Waals surface area contributed by atoms with E-state index >= 15 is 0 Å². The van der Waals surface area contributed by atoms with Gasteiger partial charge in [0.2, 0.25) is 6.79 Å². The molecule has 2 aliphatic heterocycles. The topological polar surface area (TPSA) is 101 Å². The van der Waals surface area contributed by atoms with E-state index in [9.17, 15) is 14.4 Å². The van der Waals surface area contributed by atoms with E-state index in [0.29, 0.717) is 22.6 Å². The van der Waals surface area contributed by atoms with Gasteiger partial charge in [-0.1, -0.05) is 31.2 Å². The summed E-state index contributed by atoms with van der Waals surface area (Å²) in [5.41, 5.74) is 1.72. The van der Waals surface area contributed by atoms with Gasteiger partial charge in [0.05, 0.1) is 6.54 Å². The van der Waals surface area contributed by atoms with Crippen molar-refractivity contribution in [2.24, 2.45) is 0 Å². The number of imide groups is 1. The average molecular weight is 419 g/mol. The van der Waals surface area contributed by atoms with Crippen molar-refractivity contribution in [3.05, 3.63) is 59.3 Å². The highest BCUT2D eigenvalue weighted by atomic mass is 16.7. The molecule has 3 aromatic rings. The minimum Gasteiger partial charge on any atom is -0.454 e. The summed E-state index contributed by atoms with van der Waals surface area (Å²) in [6, 6.07) is 10.2. The number of urea groups is 1. The number of para-hydroxylation sites is 1. The van der Waals surface area contributed by atoms with Crippen molar-refractivity contribution in [3.8, 4) is 11.5 Å². The number of nitrogens with zero attached hydrogens (tertiary/aromatic N) is 1. The fourth-order valence-corrected chi connectivity index (χ4v) is 4.21. The summed E-state index contributed by atoms with van der Waals surface area (Å²) in [7, 11) is 0. The van der Waals surface area contributed by atoms with E-state index in [1.165, 1.54) is 0 Å². The van der Waals surface area contributed by atoms with Gasteiger partial charge in [0.25, 0.3) is 5.91 Å². The molecular weight excluding hydrogens is 398 g/mol. The molecule has 3 amide bonds. The second kappa shape index (κ2) is 6.87. The normalized spacial score (nSPS) is 19.9. The number of aromatic amines is 1. The molecule has 1 saturated heterocycles. The SMILES string of the molecule is CCc1cccc2c(C(=O)CN3C(=O)NC(C)(c4ccc5c(c4)OCO5)C3=O)c[nH]c12. The Kier molecular flexibility index (Phi) is 4.25. The first-order valence-corrected chi connectivity index (χ1v) is 10.1. The molecule has 158 valence electrons. The molecule has 5 rings (SSSR count). The molecule has 1 fully saturated rings. The van der Waals surface area contributed by atoms with Gasteiger partial charge in [-0.15, -0.1) is 0 Å². The third-order valence-corrected chi connectivity index (χ3v) is 6.01. The Morgan fingerprint density at radius 2 is 1.97 bits per heavy atom. The number of carbonyl (C=O) groups excluding carboxylic acids is 3. The Bertz CT molecular complexity index is 1250. The minimum absolute atomic E-state index is 0.112. The number of ether oxygens (including phenoxy) is 2. The number of nitrogens with one attached hydrogen (secondary N) is 2. The number of H-pyrrole nitrogens is 1. The van der Waals surface area contributed by atoms with Crippen LogP contribution >= 0.6 is 0 Å². The second-order valence-corrected chi connectivity index (χ2v) is 7.83. The van der Waals surface area contributed by atoms with Gasteiger partial charge in [0.15, 0.2) is 17.3 Å². The monoisotopic (exact) mass is 419 g/mol. The summed E-state index contributed by atoms with van der Waals surface area (Å²) in [4.78, 5) is 43.0. The van der Waals surface area contributed by atoms with Gasteiger partial charge in [-0.25, -0.2) is 4.79 Å². The molecule has 31 heavy (non-hydrogen) atoms. The molecule has 0 spiro atoms. The summed E-state index contributed by atoms with van der Waals surface area (Å²) in [5.74, 6) is 0.305. The molecule has 0 saturated carbocycles. The Hall–Kier alpha value is -3.81. The molecule has 3 heterocycles. The Morgan fingerprint density at radius 1 is 1.16 bits per heavy atom. The van der Waals surface area contributed by atoms with E-state index in [-0.39, 0.29) is 19.1 Å². The lowest BCUT2D eigenvalue weighted by atomic mass is 9.91. The number of benzene rings is 2. The predicted octanol–water partition coefficient (Wildman–Crippen LogP) is 3.11. The summed E-state index contributed by atoms with van der Waals surface area (Å²) in [6.45, 7) is 3.44. The quantitative estimate of drug-likeness (QED) is 0.489. The second-order valence-electron chi connectivity index (χ2n) is 7.83. The van der Waals surface area contributed by atoms with E-state index in [0.717, 1.165) is 27.8 Å². The van der Waals surface area contributed by atoms with Gasteiger partial charge in [0.1, 0.15) is 5.54 Å². The highest BCUT2D eigenvalue weighted by Gasteiger charge is 2.50. The van der Waals surface area contributed by atoms with Gasteiger partial charge in [-0.3, -0.25) is 14.5 Å². The fraction of sp³-hybridized carbons (Fsp3) is 0.261. The number of hydrogen-bond donors (Lipinski definition) is 2. The average Bonchev–Trinajstić information content (AvgIpc) is 3.46. The van der Waals surface area contributed by atoms with Crippen LogP contribution in [0.3, 0.4) is 0 Å². The molecule has 0 bridgehead atoms. The minimum atomic E-state index is -1.30. The van der Waals surface area contributed by atoms with Gasteiger partial charge in [-0.2, -0.15) is 0 Å². The zero-order valence-corrected chi connectivity index (χ0v) is 17.2.